The Bertz CT molecular complexity index is 88.5. The molecule has 0 aliphatic carbocycles. The van der Waals surface area contributed by atoms with E-state index >= 15 is 0 Å². The van der Waals surface area contributed by atoms with E-state index in [-0.39, 0.29) is 32.7 Å². The normalized spacial score (nSPS) is 17.9. The van der Waals surface area contributed by atoms with Gasteiger partial charge in [-0.1, -0.05) is 0 Å². The third kappa shape index (κ3) is 2.83. The summed E-state index contributed by atoms with van der Waals surface area (Å²) in [5, 5.41) is 0. The summed E-state index contributed by atoms with van der Waals surface area (Å²) in [5.41, 5.74) is 1.37. The summed E-state index contributed by atoms with van der Waals surface area (Å²) in [6, 6.07) is 0. The van der Waals surface area contributed by atoms with E-state index < -0.39 is 0 Å². The molecule has 0 bridgehead atoms. The average Bonchev–Trinajstić information content (AvgIpc) is 1.69. The van der Waals surface area contributed by atoms with Crippen LogP contribution in [0.25, 0.3) is 0 Å². The molecule has 0 N–H and O–H groups in total. The number of rotatable bonds is 0. The third-order valence-electron chi connectivity index (χ3n) is 1.12. The zero-order valence-electron chi connectivity index (χ0n) is 5.18. The Hall–Kier alpha value is 0.644. The van der Waals surface area contributed by atoms with Gasteiger partial charge in [0.2, 0.25) is 0 Å². The summed E-state index contributed by atoms with van der Waals surface area (Å²) >= 11 is 0. The van der Waals surface area contributed by atoms with Gasteiger partial charge in [-0.2, -0.15) is 0 Å². The maximum atomic E-state index is 5.02. The second kappa shape index (κ2) is 4.52. The summed E-state index contributed by atoms with van der Waals surface area (Å²) in [6.45, 7) is 3.01. The minimum Gasteiger partial charge on any atom is -0.501 e. The molecule has 0 saturated carbocycles. The van der Waals surface area contributed by atoms with E-state index in [1.165, 1.54) is 18.4 Å². The molecular formula is C6H10OY. The van der Waals surface area contributed by atoms with E-state index in [1.54, 1.807) is 0 Å². The second-order valence-electron chi connectivity index (χ2n) is 1.94. The van der Waals surface area contributed by atoms with Crippen molar-refractivity contribution < 1.29 is 37.4 Å². The summed E-state index contributed by atoms with van der Waals surface area (Å²) < 4.78 is 5.02. The van der Waals surface area contributed by atoms with Crippen molar-refractivity contribution in [1.29, 1.82) is 0 Å². The van der Waals surface area contributed by atoms with Crippen molar-refractivity contribution in [1.82, 2.24) is 0 Å². The van der Waals surface area contributed by atoms with Crippen molar-refractivity contribution in [3.8, 4) is 0 Å². The van der Waals surface area contributed by atoms with Crippen LogP contribution in [0.3, 0.4) is 0 Å². The minimum atomic E-state index is 0. The molecule has 1 aliphatic rings. The fraction of sp³-hybridized carbons (Fsp3) is 0.667. The molecule has 0 aromatic rings. The van der Waals surface area contributed by atoms with Crippen molar-refractivity contribution in [2.24, 2.45) is 0 Å². The zero-order valence-corrected chi connectivity index (χ0v) is 8.02. The van der Waals surface area contributed by atoms with Gasteiger partial charge in [-0.3, -0.25) is 0 Å². The van der Waals surface area contributed by atoms with Crippen LogP contribution in [0.4, 0.5) is 0 Å². The number of hydrogen-bond acceptors (Lipinski definition) is 1. The minimum absolute atomic E-state index is 0. The van der Waals surface area contributed by atoms with Crippen molar-refractivity contribution in [2.75, 3.05) is 6.61 Å². The maximum absolute atomic E-state index is 5.02. The van der Waals surface area contributed by atoms with Gasteiger partial charge in [0.25, 0.3) is 0 Å². The Morgan fingerprint density at radius 1 is 1.62 bits per heavy atom. The number of ether oxygens (including phenoxy) is 1. The van der Waals surface area contributed by atoms with Crippen molar-refractivity contribution in [2.45, 2.75) is 19.8 Å². The smallest absolute Gasteiger partial charge is 0.0876 e. The molecular weight excluding hydrogens is 177 g/mol. The van der Waals surface area contributed by atoms with E-state index in [0.29, 0.717) is 0 Å². The van der Waals surface area contributed by atoms with Crippen LogP contribution in [-0.2, 0) is 37.4 Å². The van der Waals surface area contributed by atoms with E-state index in [2.05, 4.69) is 6.92 Å². The molecule has 0 unspecified atom stereocenters. The van der Waals surface area contributed by atoms with Crippen LogP contribution in [0.5, 0.6) is 0 Å². The van der Waals surface area contributed by atoms with Crippen LogP contribution >= 0.6 is 0 Å². The standard InChI is InChI=1S/C6H10O.Y/c1-6-3-2-4-7-5-6;/h5H,2-4H2,1H3;. The molecule has 1 nitrogen and oxygen atoms in total. The molecule has 0 saturated heterocycles. The molecule has 43 valence electrons. The number of hydrogen-bond donors (Lipinski definition) is 0. The quantitative estimate of drug-likeness (QED) is 0.560. The molecule has 0 fully saturated rings. The van der Waals surface area contributed by atoms with Gasteiger partial charge in [-0.05, 0) is 25.3 Å². The monoisotopic (exact) mass is 187 g/mol. The van der Waals surface area contributed by atoms with Crippen molar-refractivity contribution in [3.63, 3.8) is 0 Å². The molecule has 8 heavy (non-hydrogen) atoms. The van der Waals surface area contributed by atoms with Gasteiger partial charge in [0.1, 0.15) is 0 Å². The fourth-order valence-corrected chi connectivity index (χ4v) is 0.694. The van der Waals surface area contributed by atoms with Gasteiger partial charge in [0.15, 0.2) is 0 Å². The first-order chi connectivity index (χ1) is 3.39. The number of allylic oxidation sites excluding steroid dienone is 1. The molecule has 2 heteroatoms. The largest absolute Gasteiger partial charge is 0.501 e. The van der Waals surface area contributed by atoms with Gasteiger partial charge in [0.05, 0.1) is 12.9 Å². The first kappa shape index (κ1) is 8.64. The van der Waals surface area contributed by atoms with Crippen LogP contribution in [0.2, 0.25) is 0 Å². The summed E-state index contributed by atoms with van der Waals surface area (Å²) in [5.74, 6) is 0. The molecule has 0 aromatic carbocycles. The SMILES string of the molecule is CC1=COCCC1.[Y]. The Kier molecular flexibility index (Phi) is 4.88. The predicted octanol–water partition coefficient (Wildman–Crippen LogP) is 1.70. The molecule has 0 amide bonds. The summed E-state index contributed by atoms with van der Waals surface area (Å²) in [7, 11) is 0. The van der Waals surface area contributed by atoms with E-state index in [4.69, 9.17) is 4.74 Å². The van der Waals surface area contributed by atoms with E-state index in [9.17, 15) is 0 Å². The van der Waals surface area contributed by atoms with E-state index in [0.717, 1.165) is 6.61 Å². The van der Waals surface area contributed by atoms with E-state index in [1.807, 2.05) is 6.26 Å². The topological polar surface area (TPSA) is 9.23 Å². The van der Waals surface area contributed by atoms with Gasteiger partial charge >= 0.3 is 0 Å². The molecule has 1 radical (unpaired) electrons. The van der Waals surface area contributed by atoms with Crippen LogP contribution in [0, 0.1) is 0 Å². The zero-order chi connectivity index (χ0) is 5.11. The van der Waals surface area contributed by atoms with Gasteiger partial charge < -0.3 is 4.74 Å². The third-order valence-corrected chi connectivity index (χ3v) is 1.12. The van der Waals surface area contributed by atoms with Crippen LogP contribution in [0.15, 0.2) is 11.8 Å². The van der Waals surface area contributed by atoms with Crippen molar-refractivity contribution >= 4 is 0 Å². The Balaban J connectivity index is 0.000000490. The molecule has 1 rings (SSSR count). The van der Waals surface area contributed by atoms with Crippen LogP contribution < -0.4 is 0 Å². The molecule has 0 aromatic heterocycles. The second-order valence-corrected chi connectivity index (χ2v) is 1.94. The Morgan fingerprint density at radius 3 is 2.62 bits per heavy atom. The summed E-state index contributed by atoms with van der Waals surface area (Å²) in [4.78, 5) is 0. The van der Waals surface area contributed by atoms with Gasteiger partial charge in [0, 0.05) is 32.7 Å². The maximum Gasteiger partial charge on any atom is 0.0876 e. The Labute approximate surface area is 75.4 Å². The van der Waals surface area contributed by atoms with Gasteiger partial charge in [-0.15, -0.1) is 0 Å². The molecule has 1 aliphatic heterocycles. The first-order valence-corrected chi connectivity index (χ1v) is 2.67. The first-order valence-electron chi connectivity index (χ1n) is 2.67. The molecule has 1 heterocycles. The van der Waals surface area contributed by atoms with Crippen LogP contribution in [-0.4, -0.2) is 6.61 Å². The average molecular weight is 187 g/mol. The fourth-order valence-electron chi connectivity index (χ4n) is 0.694. The van der Waals surface area contributed by atoms with Crippen molar-refractivity contribution in [3.05, 3.63) is 11.8 Å². The summed E-state index contributed by atoms with van der Waals surface area (Å²) in [6.07, 6.45) is 4.27. The molecule has 0 atom stereocenters. The predicted molar refractivity (Wildman–Crippen MR) is 28.9 cm³/mol. The van der Waals surface area contributed by atoms with Crippen LogP contribution in [0.1, 0.15) is 19.8 Å². The molecule has 0 spiro atoms. The van der Waals surface area contributed by atoms with Gasteiger partial charge in [-0.25, -0.2) is 0 Å². The Morgan fingerprint density at radius 2 is 2.38 bits per heavy atom.